The van der Waals surface area contributed by atoms with Gasteiger partial charge in [0.25, 0.3) is 0 Å². The summed E-state index contributed by atoms with van der Waals surface area (Å²) >= 11 is 0. The fourth-order valence-electron chi connectivity index (χ4n) is 2.21. The summed E-state index contributed by atoms with van der Waals surface area (Å²) in [6.07, 6.45) is 3.61. The van der Waals surface area contributed by atoms with Crippen molar-refractivity contribution in [2.45, 2.75) is 25.2 Å². The zero-order valence-corrected chi connectivity index (χ0v) is 14.1. The van der Waals surface area contributed by atoms with Gasteiger partial charge in [0, 0.05) is 12.7 Å². The fourth-order valence-corrected chi connectivity index (χ4v) is 3.71. The van der Waals surface area contributed by atoms with Gasteiger partial charge < -0.3 is 5.11 Å². The Morgan fingerprint density at radius 3 is 2.62 bits per heavy atom. The highest BCUT2D eigenvalue weighted by atomic mass is 32.2. The van der Waals surface area contributed by atoms with Crippen LogP contribution >= 0.6 is 0 Å². The molecule has 0 aliphatic carbocycles. The van der Waals surface area contributed by atoms with Crippen molar-refractivity contribution in [3.8, 4) is 5.69 Å². The predicted octanol–water partition coefficient (Wildman–Crippen LogP) is 1.81. The number of hydrogen-bond donors (Lipinski definition) is 1. The van der Waals surface area contributed by atoms with Crippen molar-refractivity contribution in [3.63, 3.8) is 0 Å². The minimum Gasteiger partial charge on any atom is -0.480 e. The molecule has 2 aromatic rings. The minimum absolute atomic E-state index is 0.0381. The van der Waals surface area contributed by atoms with Crippen molar-refractivity contribution in [1.29, 1.82) is 0 Å². The number of carbonyl (C=O) groups is 1. The van der Waals surface area contributed by atoms with E-state index in [1.165, 1.54) is 16.8 Å². The van der Waals surface area contributed by atoms with Crippen LogP contribution in [0.1, 0.15) is 18.9 Å². The molecule has 1 heterocycles. The lowest BCUT2D eigenvalue weighted by molar-refractivity contribution is -0.137. The molecule has 0 unspecified atom stereocenters. The summed E-state index contributed by atoms with van der Waals surface area (Å²) in [5.41, 5.74) is 0.948. The smallest absolute Gasteiger partial charge is 0.318 e. The number of aryl methyl sites for hydroxylation is 1. The molecular formula is C15H18FN3O4S. The van der Waals surface area contributed by atoms with Crippen LogP contribution in [-0.2, 0) is 14.8 Å². The molecule has 1 aromatic carbocycles. The Morgan fingerprint density at radius 2 is 2.12 bits per heavy atom. The number of carboxylic acids is 1. The van der Waals surface area contributed by atoms with Gasteiger partial charge in [-0.1, -0.05) is 6.92 Å². The van der Waals surface area contributed by atoms with Crippen LogP contribution in [0.25, 0.3) is 5.69 Å². The van der Waals surface area contributed by atoms with Gasteiger partial charge in [0.15, 0.2) is 0 Å². The van der Waals surface area contributed by atoms with Crippen LogP contribution in [0.4, 0.5) is 4.39 Å². The number of nitrogens with zero attached hydrogens (tertiary/aromatic N) is 3. The van der Waals surface area contributed by atoms with Gasteiger partial charge in [-0.15, -0.1) is 0 Å². The normalized spacial score (nSPS) is 11.8. The second-order valence-corrected chi connectivity index (χ2v) is 7.25. The van der Waals surface area contributed by atoms with Gasteiger partial charge in [0.2, 0.25) is 10.0 Å². The molecule has 2 rings (SSSR count). The maximum atomic E-state index is 14.3. The van der Waals surface area contributed by atoms with Crippen LogP contribution in [0.2, 0.25) is 0 Å². The third kappa shape index (κ3) is 3.80. The van der Waals surface area contributed by atoms with E-state index < -0.39 is 28.4 Å². The molecule has 0 saturated carbocycles. The molecule has 0 aliphatic rings. The van der Waals surface area contributed by atoms with E-state index in [1.54, 1.807) is 26.2 Å². The summed E-state index contributed by atoms with van der Waals surface area (Å²) in [7, 11) is -4.09. The van der Waals surface area contributed by atoms with E-state index in [9.17, 15) is 17.6 Å². The maximum absolute atomic E-state index is 14.3. The summed E-state index contributed by atoms with van der Waals surface area (Å²) in [4.78, 5) is 10.6. The zero-order chi connectivity index (χ0) is 17.9. The molecule has 1 aromatic heterocycles. The number of carboxylic acid groups (broad SMARTS) is 1. The fraction of sp³-hybridized carbons (Fsp3) is 0.333. The van der Waals surface area contributed by atoms with E-state index in [-0.39, 0.29) is 17.1 Å². The predicted molar refractivity (Wildman–Crippen MR) is 84.9 cm³/mol. The first-order valence-electron chi connectivity index (χ1n) is 7.29. The molecule has 0 radical (unpaired) electrons. The lowest BCUT2D eigenvalue weighted by Gasteiger charge is -2.20. The first kappa shape index (κ1) is 18.1. The summed E-state index contributed by atoms with van der Waals surface area (Å²) in [6, 6.07) is 3.43. The number of benzene rings is 1. The van der Waals surface area contributed by atoms with Gasteiger partial charge >= 0.3 is 5.97 Å². The van der Waals surface area contributed by atoms with Crippen LogP contribution in [-0.4, -0.2) is 46.7 Å². The van der Waals surface area contributed by atoms with E-state index in [2.05, 4.69) is 5.10 Å². The quantitative estimate of drug-likeness (QED) is 0.818. The van der Waals surface area contributed by atoms with Crippen molar-refractivity contribution < 1.29 is 22.7 Å². The second-order valence-electron chi connectivity index (χ2n) is 5.31. The van der Waals surface area contributed by atoms with Gasteiger partial charge in [-0.25, -0.2) is 17.5 Å². The standard InChI is InChI=1S/C15H18FN3O4S/c1-3-6-18(10-15(20)21)24(22,23)12-4-5-14(13(16)7-12)19-9-11(2)8-17-19/h4-5,7-9H,3,6,10H2,1-2H3,(H,20,21). The highest BCUT2D eigenvalue weighted by molar-refractivity contribution is 7.89. The molecular weight excluding hydrogens is 337 g/mol. The number of aliphatic carboxylic acids is 1. The Hall–Kier alpha value is -2.26. The maximum Gasteiger partial charge on any atom is 0.318 e. The number of rotatable bonds is 7. The second kappa shape index (κ2) is 7.10. The Kier molecular flexibility index (Phi) is 5.35. The lowest BCUT2D eigenvalue weighted by atomic mass is 10.3. The molecule has 1 N–H and O–H groups in total. The highest BCUT2D eigenvalue weighted by Gasteiger charge is 2.27. The largest absolute Gasteiger partial charge is 0.480 e. The molecule has 130 valence electrons. The van der Waals surface area contributed by atoms with Crippen LogP contribution in [0, 0.1) is 12.7 Å². The van der Waals surface area contributed by atoms with E-state index in [4.69, 9.17) is 5.11 Å². The number of hydrogen-bond acceptors (Lipinski definition) is 4. The number of halogens is 1. The van der Waals surface area contributed by atoms with Gasteiger partial charge in [-0.2, -0.15) is 9.40 Å². The van der Waals surface area contributed by atoms with Crippen LogP contribution < -0.4 is 0 Å². The summed E-state index contributed by atoms with van der Waals surface area (Å²) in [6.45, 7) is 2.90. The van der Waals surface area contributed by atoms with Crippen molar-refractivity contribution in [2.24, 2.45) is 0 Å². The average molecular weight is 355 g/mol. The Bertz CT molecular complexity index is 848. The monoisotopic (exact) mass is 355 g/mol. The van der Waals surface area contributed by atoms with Crippen molar-refractivity contribution in [1.82, 2.24) is 14.1 Å². The van der Waals surface area contributed by atoms with Crippen LogP contribution in [0.15, 0.2) is 35.5 Å². The summed E-state index contributed by atoms with van der Waals surface area (Å²) in [5, 5.41) is 12.9. The molecule has 9 heteroatoms. The van der Waals surface area contributed by atoms with E-state index in [1.807, 2.05) is 0 Å². The molecule has 7 nitrogen and oxygen atoms in total. The molecule has 0 saturated heterocycles. The average Bonchev–Trinajstić information content (AvgIpc) is 2.92. The molecule has 0 atom stereocenters. The van der Waals surface area contributed by atoms with Crippen LogP contribution in [0.3, 0.4) is 0 Å². The van der Waals surface area contributed by atoms with E-state index in [0.29, 0.717) is 6.42 Å². The topological polar surface area (TPSA) is 92.5 Å². The summed E-state index contributed by atoms with van der Waals surface area (Å²) < 4.78 is 41.5. The van der Waals surface area contributed by atoms with Crippen molar-refractivity contribution >= 4 is 16.0 Å². The third-order valence-electron chi connectivity index (χ3n) is 3.30. The van der Waals surface area contributed by atoms with E-state index >= 15 is 0 Å². The molecule has 0 amide bonds. The summed E-state index contributed by atoms with van der Waals surface area (Å²) in [5.74, 6) is -2.03. The Balaban J connectivity index is 2.40. The number of sulfonamides is 1. The first-order valence-corrected chi connectivity index (χ1v) is 8.73. The van der Waals surface area contributed by atoms with Crippen LogP contribution in [0.5, 0.6) is 0 Å². The molecule has 24 heavy (non-hydrogen) atoms. The lowest BCUT2D eigenvalue weighted by Crippen LogP contribution is -2.36. The van der Waals surface area contributed by atoms with E-state index in [0.717, 1.165) is 15.9 Å². The Labute approximate surface area is 139 Å². The van der Waals surface area contributed by atoms with Gasteiger partial charge in [-0.3, -0.25) is 4.79 Å². The van der Waals surface area contributed by atoms with Gasteiger partial charge in [0.05, 0.1) is 11.1 Å². The number of aromatic nitrogens is 2. The molecule has 0 spiro atoms. The first-order chi connectivity index (χ1) is 11.3. The van der Waals surface area contributed by atoms with Crippen molar-refractivity contribution in [2.75, 3.05) is 13.1 Å². The third-order valence-corrected chi connectivity index (χ3v) is 5.14. The van der Waals surface area contributed by atoms with Gasteiger partial charge in [0.1, 0.15) is 18.0 Å². The molecule has 0 aliphatic heterocycles. The molecule has 0 fully saturated rings. The highest BCUT2D eigenvalue weighted by Crippen LogP contribution is 2.21. The zero-order valence-electron chi connectivity index (χ0n) is 13.3. The minimum atomic E-state index is -4.09. The Morgan fingerprint density at radius 1 is 1.42 bits per heavy atom. The SMILES string of the molecule is CCCN(CC(=O)O)S(=O)(=O)c1ccc(-n2cc(C)cn2)c(F)c1. The van der Waals surface area contributed by atoms with Gasteiger partial charge in [-0.05, 0) is 37.1 Å². The molecule has 0 bridgehead atoms. The van der Waals surface area contributed by atoms with Crippen molar-refractivity contribution in [3.05, 3.63) is 42.0 Å².